The fourth-order valence-electron chi connectivity index (χ4n) is 4.78. The van der Waals surface area contributed by atoms with Crippen molar-refractivity contribution < 1.29 is 14.3 Å². The van der Waals surface area contributed by atoms with E-state index in [0.29, 0.717) is 31.0 Å². The van der Waals surface area contributed by atoms with Crippen LogP contribution >= 0.6 is 0 Å². The molecule has 0 aromatic heterocycles. The Morgan fingerprint density at radius 3 is 2.54 bits per heavy atom. The first-order valence-corrected chi connectivity index (χ1v) is 9.86. The van der Waals surface area contributed by atoms with Crippen LogP contribution in [0, 0.1) is 23.2 Å². The Labute approximate surface area is 155 Å². The molecule has 7 nitrogen and oxygen atoms in total. The summed E-state index contributed by atoms with van der Waals surface area (Å²) in [7, 11) is 0. The van der Waals surface area contributed by atoms with Gasteiger partial charge in [0.05, 0.1) is 12.6 Å². The summed E-state index contributed by atoms with van der Waals surface area (Å²) in [5.74, 6) is 1.17. The lowest BCUT2D eigenvalue weighted by Gasteiger charge is -2.22. The number of carbonyl (C=O) groups is 2. The largest absolute Gasteiger partial charge is 0.446 e. The second kappa shape index (κ2) is 8.26. The lowest BCUT2D eigenvalue weighted by molar-refractivity contribution is -0.130. The molecular formula is C19H30N4O3. The minimum absolute atomic E-state index is 0.0207. The highest BCUT2D eigenvalue weighted by Gasteiger charge is 2.43. The smallest absolute Gasteiger partial charge is 0.407 e. The number of hydrogen-bond acceptors (Lipinski definition) is 5. The van der Waals surface area contributed by atoms with Crippen molar-refractivity contribution in [3.63, 3.8) is 0 Å². The number of nitrogens with zero attached hydrogens (tertiary/aromatic N) is 2. The number of ether oxygens (including phenoxy) is 1. The zero-order valence-electron chi connectivity index (χ0n) is 15.7. The molecule has 2 amide bonds. The van der Waals surface area contributed by atoms with Crippen molar-refractivity contribution in [2.45, 2.75) is 76.6 Å². The molecule has 3 rings (SSSR count). The van der Waals surface area contributed by atoms with Gasteiger partial charge in [-0.15, -0.1) is 0 Å². The Kier molecular flexibility index (Phi) is 6.02. The van der Waals surface area contributed by atoms with Crippen LogP contribution in [0.4, 0.5) is 4.79 Å². The molecule has 0 aromatic carbocycles. The van der Waals surface area contributed by atoms with E-state index in [1.807, 2.05) is 13.8 Å². The van der Waals surface area contributed by atoms with Crippen molar-refractivity contribution in [1.29, 1.82) is 5.26 Å². The maximum absolute atomic E-state index is 12.3. The van der Waals surface area contributed by atoms with Gasteiger partial charge in [0.1, 0.15) is 12.1 Å². The predicted molar refractivity (Wildman–Crippen MR) is 96.1 cm³/mol. The van der Waals surface area contributed by atoms with Gasteiger partial charge in [0.25, 0.3) is 0 Å². The van der Waals surface area contributed by atoms with Crippen LogP contribution in [0.2, 0.25) is 0 Å². The summed E-state index contributed by atoms with van der Waals surface area (Å²) in [6, 6.07) is 2.41. The Bertz CT molecular complexity index is 560. The number of hydrogen-bond donors (Lipinski definition) is 2. The number of alkyl carbamates (subject to hydrolysis) is 1. The molecule has 3 fully saturated rings. The van der Waals surface area contributed by atoms with Crippen molar-refractivity contribution in [1.82, 2.24) is 15.5 Å². The molecule has 7 heteroatoms. The molecule has 2 N–H and O–H groups in total. The van der Waals surface area contributed by atoms with E-state index in [4.69, 9.17) is 10.00 Å². The Morgan fingerprint density at radius 1 is 1.23 bits per heavy atom. The second-order valence-corrected chi connectivity index (χ2v) is 8.24. The fourth-order valence-corrected chi connectivity index (χ4v) is 4.78. The van der Waals surface area contributed by atoms with E-state index < -0.39 is 0 Å². The molecule has 1 saturated heterocycles. The summed E-state index contributed by atoms with van der Waals surface area (Å²) >= 11 is 0. The highest BCUT2D eigenvalue weighted by Crippen LogP contribution is 2.45. The zero-order chi connectivity index (χ0) is 18.7. The van der Waals surface area contributed by atoms with E-state index >= 15 is 0 Å². The van der Waals surface area contributed by atoms with E-state index in [1.165, 1.54) is 0 Å². The number of nitriles is 1. The van der Waals surface area contributed by atoms with Crippen LogP contribution in [-0.2, 0) is 9.53 Å². The summed E-state index contributed by atoms with van der Waals surface area (Å²) in [5, 5.41) is 15.3. The minimum Gasteiger partial charge on any atom is -0.446 e. The van der Waals surface area contributed by atoms with Crippen molar-refractivity contribution in [2.24, 2.45) is 11.8 Å². The Balaban J connectivity index is 1.38. The van der Waals surface area contributed by atoms with Crippen LogP contribution in [0.25, 0.3) is 0 Å². The van der Waals surface area contributed by atoms with Gasteiger partial charge in [-0.25, -0.2) is 4.79 Å². The van der Waals surface area contributed by atoms with Gasteiger partial charge in [-0.3, -0.25) is 4.79 Å². The van der Waals surface area contributed by atoms with Crippen LogP contribution in [0.3, 0.4) is 0 Å². The van der Waals surface area contributed by atoms with Crippen molar-refractivity contribution >= 4 is 12.0 Å². The standard InChI is InChI=1S/C19H30N4O3/c1-12(2)22-19(25)26-17-8-13-6-15(7-14(13)9-17)21-11-18(24)23-5-3-4-16(23)10-20/h12-17,21H,3-9,11H2,1-2H3,(H,22,25). The normalized spacial score (nSPS) is 33.2. The molecule has 2 aliphatic carbocycles. The molecule has 144 valence electrons. The Hall–Kier alpha value is -1.81. The monoisotopic (exact) mass is 362 g/mol. The fraction of sp³-hybridized carbons (Fsp3) is 0.842. The quantitative estimate of drug-likeness (QED) is 0.777. The van der Waals surface area contributed by atoms with Gasteiger partial charge in [0.2, 0.25) is 5.91 Å². The maximum atomic E-state index is 12.3. The summed E-state index contributed by atoms with van der Waals surface area (Å²) in [5.41, 5.74) is 0. The molecule has 0 bridgehead atoms. The van der Waals surface area contributed by atoms with Crippen LogP contribution in [0.5, 0.6) is 0 Å². The first kappa shape index (κ1) is 19.0. The molecule has 3 unspecified atom stereocenters. The van der Waals surface area contributed by atoms with Gasteiger partial charge in [-0.1, -0.05) is 0 Å². The summed E-state index contributed by atoms with van der Waals surface area (Å²) in [4.78, 5) is 25.8. The number of fused-ring (bicyclic) bond motifs is 1. The van der Waals surface area contributed by atoms with Gasteiger partial charge in [-0.2, -0.15) is 5.26 Å². The predicted octanol–water partition coefficient (Wildman–Crippen LogP) is 1.78. The highest BCUT2D eigenvalue weighted by atomic mass is 16.6. The maximum Gasteiger partial charge on any atom is 0.407 e. The van der Waals surface area contributed by atoms with E-state index in [2.05, 4.69) is 16.7 Å². The molecule has 0 radical (unpaired) electrons. The Morgan fingerprint density at radius 2 is 1.92 bits per heavy atom. The van der Waals surface area contributed by atoms with Gasteiger partial charge in [0, 0.05) is 18.6 Å². The van der Waals surface area contributed by atoms with Gasteiger partial charge < -0.3 is 20.3 Å². The number of amides is 2. The van der Waals surface area contributed by atoms with Crippen LogP contribution < -0.4 is 10.6 Å². The molecule has 0 aromatic rings. The van der Waals surface area contributed by atoms with E-state index in [0.717, 1.165) is 38.5 Å². The second-order valence-electron chi connectivity index (χ2n) is 8.24. The van der Waals surface area contributed by atoms with Crippen molar-refractivity contribution in [3.8, 4) is 6.07 Å². The number of rotatable bonds is 5. The third-order valence-electron chi connectivity index (χ3n) is 5.92. The third kappa shape index (κ3) is 4.47. The molecule has 1 aliphatic heterocycles. The van der Waals surface area contributed by atoms with Crippen LogP contribution in [0.1, 0.15) is 52.4 Å². The lowest BCUT2D eigenvalue weighted by atomic mass is 10.0. The number of carbonyl (C=O) groups excluding carboxylic acids is 2. The summed E-state index contributed by atoms with van der Waals surface area (Å²) in [6.45, 7) is 4.86. The van der Waals surface area contributed by atoms with Gasteiger partial charge in [-0.05, 0) is 64.2 Å². The molecule has 26 heavy (non-hydrogen) atoms. The minimum atomic E-state index is -0.317. The van der Waals surface area contributed by atoms with Gasteiger partial charge >= 0.3 is 6.09 Å². The number of likely N-dealkylation sites (tertiary alicyclic amines) is 1. The van der Waals surface area contributed by atoms with E-state index in [-0.39, 0.29) is 30.2 Å². The molecule has 1 heterocycles. The molecule has 3 aliphatic rings. The van der Waals surface area contributed by atoms with Crippen LogP contribution in [-0.4, -0.2) is 54.2 Å². The van der Waals surface area contributed by atoms with Crippen molar-refractivity contribution in [3.05, 3.63) is 0 Å². The summed E-state index contributed by atoms with van der Waals surface area (Å²) in [6.07, 6.45) is 5.33. The topological polar surface area (TPSA) is 94.5 Å². The van der Waals surface area contributed by atoms with Crippen LogP contribution in [0.15, 0.2) is 0 Å². The van der Waals surface area contributed by atoms with E-state index in [9.17, 15) is 9.59 Å². The molecule has 0 spiro atoms. The van der Waals surface area contributed by atoms with Gasteiger partial charge in [0.15, 0.2) is 0 Å². The van der Waals surface area contributed by atoms with Crippen molar-refractivity contribution in [2.75, 3.05) is 13.1 Å². The third-order valence-corrected chi connectivity index (χ3v) is 5.92. The highest BCUT2D eigenvalue weighted by molar-refractivity contribution is 5.79. The van der Waals surface area contributed by atoms with E-state index in [1.54, 1.807) is 4.90 Å². The SMILES string of the molecule is CC(C)NC(=O)OC1CC2CC(NCC(=O)N3CCCC3C#N)CC2C1. The molecule has 3 atom stereocenters. The lowest BCUT2D eigenvalue weighted by Crippen LogP contribution is -2.43. The average molecular weight is 362 g/mol. The summed E-state index contributed by atoms with van der Waals surface area (Å²) < 4.78 is 5.52. The molecular weight excluding hydrogens is 332 g/mol. The molecule has 2 saturated carbocycles. The number of nitrogens with one attached hydrogen (secondary N) is 2. The first-order valence-electron chi connectivity index (χ1n) is 9.86. The average Bonchev–Trinajstić information content (AvgIpc) is 3.25. The first-order chi connectivity index (χ1) is 12.5. The zero-order valence-corrected chi connectivity index (χ0v) is 15.7.